The lowest BCUT2D eigenvalue weighted by Gasteiger charge is -2.39. The van der Waals surface area contributed by atoms with Gasteiger partial charge in [0.1, 0.15) is 11.6 Å². The van der Waals surface area contributed by atoms with Gasteiger partial charge in [0.05, 0.1) is 23.5 Å². The van der Waals surface area contributed by atoms with E-state index in [1.807, 2.05) is 42.3 Å². The molecule has 0 fully saturated rings. The summed E-state index contributed by atoms with van der Waals surface area (Å²) in [7, 11) is 0. The first-order valence-electron chi connectivity index (χ1n) is 12.4. The number of carboxylic acid groups (broad SMARTS) is 1. The van der Waals surface area contributed by atoms with Crippen molar-refractivity contribution in [3.63, 3.8) is 0 Å². The Morgan fingerprint density at radius 1 is 1.11 bits per heavy atom. The van der Waals surface area contributed by atoms with Gasteiger partial charge in [-0.15, -0.1) is 13.2 Å². The number of carbonyl (C=O) groups is 1. The number of rotatable bonds is 6. The maximum Gasteiger partial charge on any atom is 0.573 e. The molecule has 198 valence electrons. The summed E-state index contributed by atoms with van der Waals surface area (Å²) in [4.78, 5) is 16.6. The number of aromatic amines is 1. The smallest absolute Gasteiger partial charge is 0.481 e. The Morgan fingerprint density at radius 3 is 2.68 bits per heavy atom. The van der Waals surface area contributed by atoms with Crippen LogP contribution in [0.15, 0.2) is 78.0 Å². The lowest BCUT2D eigenvalue weighted by molar-refractivity contribution is -0.274. The van der Waals surface area contributed by atoms with Crippen molar-refractivity contribution in [2.24, 2.45) is 0 Å². The number of benzene rings is 2. The number of H-pyrrole nitrogens is 1. The SMILES string of the molecule is CC/C=C1/NC(c2ccc3[nH]ccc3c2)=C(N2CCCc3cc(OC(F)(F)F)ccc32)N/C1=C/CC(=O)O. The van der Waals surface area contributed by atoms with E-state index in [2.05, 4.69) is 26.4 Å². The molecule has 38 heavy (non-hydrogen) atoms. The lowest BCUT2D eigenvalue weighted by Crippen LogP contribution is -2.42. The number of nitrogens with zero attached hydrogens (tertiary/aromatic N) is 1. The summed E-state index contributed by atoms with van der Waals surface area (Å²) in [5.41, 5.74) is 5.56. The third kappa shape index (κ3) is 5.34. The third-order valence-electron chi connectivity index (χ3n) is 6.44. The van der Waals surface area contributed by atoms with Gasteiger partial charge in [0.25, 0.3) is 0 Å². The second-order valence-electron chi connectivity index (χ2n) is 9.09. The molecule has 0 saturated carbocycles. The molecular weight excluding hydrogens is 497 g/mol. The van der Waals surface area contributed by atoms with E-state index in [9.17, 15) is 23.1 Å². The zero-order valence-electron chi connectivity index (χ0n) is 20.7. The van der Waals surface area contributed by atoms with Crippen molar-refractivity contribution in [3.05, 3.63) is 89.2 Å². The van der Waals surface area contributed by atoms with Gasteiger partial charge in [-0.25, -0.2) is 0 Å². The number of hydrogen-bond donors (Lipinski definition) is 4. The van der Waals surface area contributed by atoms with E-state index in [1.165, 1.54) is 12.1 Å². The molecule has 2 aliphatic rings. The fraction of sp³-hybridized carbons (Fsp3) is 0.250. The van der Waals surface area contributed by atoms with Crippen LogP contribution in [0.2, 0.25) is 0 Å². The fourth-order valence-electron chi connectivity index (χ4n) is 4.86. The molecule has 10 heteroatoms. The van der Waals surface area contributed by atoms with Gasteiger partial charge in [0.15, 0.2) is 0 Å². The highest BCUT2D eigenvalue weighted by molar-refractivity contribution is 5.86. The topological polar surface area (TPSA) is 89.6 Å². The normalized spacial score (nSPS) is 17.9. The van der Waals surface area contributed by atoms with Crippen LogP contribution in [0.1, 0.15) is 37.3 Å². The standard InChI is InChI=1S/C28H27F3N4O3/c1-2-4-22-23(9-11-25(36)37)34-27(26(33-22)19-6-8-21-17(15-19)12-13-32-21)35-14-3-5-18-16-20(7-10-24(18)35)38-28(29,30)31/h4,6-10,12-13,15-16,32-34H,2-3,5,11,14H2,1H3,(H,36,37)/b22-4+,23-9+. The van der Waals surface area contributed by atoms with Gasteiger partial charge in [-0.3, -0.25) is 4.79 Å². The van der Waals surface area contributed by atoms with Gasteiger partial charge < -0.3 is 30.4 Å². The minimum atomic E-state index is -4.77. The van der Waals surface area contributed by atoms with Gasteiger partial charge in [-0.05, 0) is 67.3 Å². The first-order valence-corrected chi connectivity index (χ1v) is 12.4. The van der Waals surface area contributed by atoms with E-state index < -0.39 is 12.3 Å². The van der Waals surface area contributed by atoms with Crippen molar-refractivity contribution in [1.29, 1.82) is 0 Å². The molecule has 0 atom stereocenters. The maximum atomic E-state index is 12.8. The van der Waals surface area contributed by atoms with Crippen LogP contribution in [0, 0.1) is 0 Å². The molecule has 2 aliphatic heterocycles. The van der Waals surface area contributed by atoms with E-state index >= 15 is 0 Å². The minimum absolute atomic E-state index is 0.169. The summed E-state index contributed by atoms with van der Waals surface area (Å²) in [5.74, 6) is -0.518. The molecule has 0 spiro atoms. The lowest BCUT2D eigenvalue weighted by atomic mass is 9.99. The Bertz CT molecular complexity index is 1470. The van der Waals surface area contributed by atoms with Crippen LogP contribution in [0.25, 0.3) is 16.6 Å². The molecule has 3 heterocycles. The average molecular weight is 525 g/mol. The van der Waals surface area contributed by atoms with Crippen molar-refractivity contribution >= 4 is 28.3 Å². The average Bonchev–Trinajstić information content (AvgIpc) is 3.34. The van der Waals surface area contributed by atoms with Crippen LogP contribution in [-0.4, -0.2) is 29.0 Å². The number of allylic oxidation sites excluding steroid dienone is 1. The van der Waals surface area contributed by atoms with Crippen LogP contribution in [0.4, 0.5) is 18.9 Å². The predicted molar refractivity (Wildman–Crippen MR) is 139 cm³/mol. The number of alkyl halides is 3. The molecule has 0 radical (unpaired) electrons. The summed E-state index contributed by atoms with van der Waals surface area (Å²) in [6, 6.07) is 12.4. The maximum absolute atomic E-state index is 12.8. The van der Waals surface area contributed by atoms with E-state index in [0.717, 1.165) is 45.5 Å². The summed E-state index contributed by atoms with van der Waals surface area (Å²) in [6.07, 6.45) is 2.58. The Balaban J connectivity index is 1.64. The molecule has 4 N–H and O–H groups in total. The third-order valence-corrected chi connectivity index (χ3v) is 6.44. The van der Waals surface area contributed by atoms with Gasteiger partial charge in [-0.1, -0.05) is 19.1 Å². The minimum Gasteiger partial charge on any atom is -0.481 e. The first-order chi connectivity index (χ1) is 18.2. The van der Waals surface area contributed by atoms with E-state index in [-0.39, 0.29) is 12.2 Å². The number of aryl methyl sites for hydroxylation is 1. The predicted octanol–water partition coefficient (Wildman–Crippen LogP) is 5.99. The molecule has 1 aromatic heterocycles. The number of ether oxygens (including phenoxy) is 1. The molecule has 0 bridgehead atoms. The Labute approximate surface area is 217 Å². The molecule has 0 aliphatic carbocycles. The number of hydrogen-bond acceptors (Lipinski definition) is 5. The van der Waals surface area contributed by atoms with Gasteiger partial charge in [0, 0.05) is 34.9 Å². The molecule has 3 aromatic rings. The van der Waals surface area contributed by atoms with Crippen LogP contribution >= 0.6 is 0 Å². The highest BCUT2D eigenvalue weighted by Gasteiger charge is 2.33. The number of carboxylic acids is 1. The van der Waals surface area contributed by atoms with Gasteiger partial charge in [0.2, 0.25) is 0 Å². The number of halogens is 3. The summed E-state index contributed by atoms with van der Waals surface area (Å²) >= 11 is 0. The Hall–Kier alpha value is -4.34. The van der Waals surface area contributed by atoms with E-state index in [1.54, 1.807) is 12.1 Å². The quantitative estimate of drug-likeness (QED) is 0.317. The van der Waals surface area contributed by atoms with Crippen molar-refractivity contribution < 1.29 is 27.8 Å². The molecule has 2 aromatic carbocycles. The second kappa shape index (κ2) is 10.2. The molecule has 5 rings (SSSR count). The van der Waals surface area contributed by atoms with Crippen LogP contribution in [-0.2, 0) is 11.2 Å². The summed E-state index contributed by atoms with van der Waals surface area (Å²) in [5, 5.41) is 17.3. The van der Waals surface area contributed by atoms with Crippen molar-refractivity contribution in [2.45, 2.75) is 39.0 Å². The Morgan fingerprint density at radius 2 is 1.92 bits per heavy atom. The van der Waals surface area contributed by atoms with E-state index in [0.29, 0.717) is 30.9 Å². The van der Waals surface area contributed by atoms with Crippen LogP contribution in [0.5, 0.6) is 5.75 Å². The second-order valence-corrected chi connectivity index (χ2v) is 9.09. The number of anilines is 1. The molecule has 7 nitrogen and oxygen atoms in total. The zero-order valence-corrected chi connectivity index (χ0v) is 20.7. The molecule has 0 amide bonds. The van der Waals surface area contributed by atoms with Crippen molar-refractivity contribution in [2.75, 3.05) is 11.4 Å². The summed E-state index contributed by atoms with van der Waals surface area (Å²) in [6.45, 7) is 2.61. The number of nitrogens with one attached hydrogen (secondary N) is 3. The first kappa shape index (κ1) is 25.3. The molecular formula is C28H27F3N4O3. The van der Waals surface area contributed by atoms with Crippen molar-refractivity contribution in [1.82, 2.24) is 15.6 Å². The largest absolute Gasteiger partial charge is 0.573 e. The zero-order chi connectivity index (χ0) is 26.9. The monoisotopic (exact) mass is 524 g/mol. The number of fused-ring (bicyclic) bond motifs is 2. The molecule has 0 saturated heterocycles. The molecule has 0 unspecified atom stereocenters. The number of aromatic nitrogens is 1. The fourth-order valence-corrected chi connectivity index (χ4v) is 4.86. The van der Waals surface area contributed by atoms with Crippen LogP contribution < -0.4 is 20.3 Å². The number of aliphatic carboxylic acids is 1. The Kier molecular flexibility index (Phi) is 6.79. The van der Waals surface area contributed by atoms with E-state index in [4.69, 9.17) is 0 Å². The van der Waals surface area contributed by atoms with Gasteiger partial charge >= 0.3 is 12.3 Å². The highest BCUT2D eigenvalue weighted by Crippen LogP contribution is 2.37. The van der Waals surface area contributed by atoms with Crippen LogP contribution in [0.3, 0.4) is 0 Å². The highest BCUT2D eigenvalue weighted by atomic mass is 19.4. The van der Waals surface area contributed by atoms with Gasteiger partial charge in [-0.2, -0.15) is 0 Å². The van der Waals surface area contributed by atoms with Crippen molar-refractivity contribution in [3.8, 4) is 5.75 Å². The summed E-state index contributed by atoms with van der Waals surface area (Å²) < 4.78 is 42.6.